The van der Waals surface area contributed by atoms with Crippen LogP contribution in [0, 0.1) is 0 Å². The van der Waals surface area contributed by atoms with Crippen molar-refractivity contribution in [2.45, 2.75) is 19.0 Å². The molecule has 1 unspecified atom stereocenters. The van der Waals surface area contributed by atoms with Crippen molar-refractivity contribution in [3.63, 3.8) is 0 Å². The molecule has 0 aromatic rings. The lowest BCUT2D eigenvalue weighted by Gasteiger charge is -2.07. The van der Waals surface area contributed by atoms with Crippen molar-refractivity contribution >= 4 is 5.97 Å². The van der Waals surface area contributed by atoms with Gasteiger partial charge in [0, 0.05) is 12.0 Å². The van der Waals surface area contributed by atoms with Crippen LogP contribution < -0.4 is 0 Å². The predicted molar refractivity (Wildman–Crippen MR) is 33.4 cm³/mol. The summed E-state index contributed by atoms with van der Waals surface area (Å²) in [5.74, 6) is -1.37. The second kappa shape index (κ2) is 4.02. The molecule has 11 heavy (non-hydrogen) atoms. The Morgan fingerprint density at radius 3 is 2.27 bits per heavy atom. The van der Waals surface area contributed by atoms with E-state index in [2.05, 4.69) is 6.58 Å². The number of halogens is 2. The van der Waals surface area contributed by atoms with Crippen molar-refractivity contribution in [3.8, 4) is 0 Å². The molecule has 0 aliphatic carbocycles. The lowest BCUT2D eigenvalue weighted by atomic mass is 10.1. The van der Waals surface area contributed by atoms with Gasteiger partial charge in [-0.15, -0.1) is 0 Å². The second-order valence-electron chi connectivity index (χ2n) is 2.01. The molecule has 3 nitrogen and oxygen atoms in total. The maximum absolute atomic E-state index is 11.6. The largest absolute Gasteiger partial charge is 0.478 e. The molecule has 64 valence electrons. The highest BCUT2D eigenvalue weighted by Gasteiger charge is 2.19. The van der Waals surface area contributed by atoms with Crippen LogP contribution in [0.5, 0.6) is 0 Å². The summed E-state index contributed by atoms with van der Waals surface area (Å²) in [4.78, 5) is 10.0. The van der Waals surface area contributed by atoms with Gasteiger partial charge in [-0.2, -0.15) is 0 Å². The zero-order valence-electron chi connectivity index (χ0n) is 5.63. The minimum Gasteiger partial charge on any atom is -0.478 e. The van der Waals surface area contributed by atoms with E-state index in [0.717, 1.165) is 0 Å². The topological polar surface area (TPSA) is 57.5 Å². The summed E-state index contributed by atoms with van der Waals surface area (Å²) in [7, 11) is 0. The van der Waals surface area contributed by atoms with Gasteiger partial charge in [-0.1, -0.05) is 6.58 Å². The van der Waals surface area contributed by atoms with Crippen LogP contribution in [0.3, 0.4) is 0 Å². The highest BCUT2D eigenvalue weighted by atomic mass is 19.3. The normalized spacial score (nSPS) is 13.1. The standard InChI is InChI=1S/C6H8F2O3/c1-3(6(10)11)2-4(9)5(7)8/h4-5,9H,1-2H2,(H,10,11). The van der Waals surface area contributed by atoms with Crippen LogP contribution in [0.4, 0.5) is 8.78 Å². The van der Waals surface area contributed by atoms with Gasteiger partial charge in [0.05, 0.1) is 0 Å². The van der Waals surface area contributed by atoms with Gasteiger partial charge in [0.25, 0.3) is 6.43 Å². The predicted octanol–water partition coefficient (Wildman–Crippen LogP) is 0.643. The fourth-order valence-corrected chi connectivity index (χ4v) is 0.429. The summed E-state index contributed by atoms with van der Waals surface area (Å²) in [5.41, 5.74) is -0.419. The first kappa shape index (κ1) is 10.0. The van der Waals surface area contributed by atoms with Gasteiger partial charge in [0.1, 0.15) is 6.10 Å². The summed E-state index contributed by atoms with van der Waals surface area (Å²) in [6, 6.07) is 0. The number of carboxylic acids is 1. The number of carboxylic acid groups (broad SMARTS) is 1. The van der Waals surface area contributed by atoms with E-state index in [1.807, 2.05) is 0 Å². The Labute approximate surface area is 62.0 Å². The van der Waals surface area contributed by atoms with Crippen LogP contribution in [0.1, 0.15) is 6.42 Å². The smallest absolute Gasteiger partial charge is 0.331 e. The van der Waals surface area contributed by atoms with Crippen molar-refractivity contribution < 1.29 is 23.8 Å². The number of aliphatic carboxylic acids is 1. The Hall–Kier alpha value is -0.970. The maximum atomic E-state index is 11.6. The minimum atomic E-state index is -2.92. The first-order valence-corrected chi connectivity index (χ1v) is 2.82. The van der Waals surface area contributed by atoms with E-state index in [0.29, 0.717) is 0 Å². The molecular weight excluding hydrogens is 158 g/mol. The molecule has 0 amide bonds. The van der Waals surface area contributed by atoms with Crippen LogP contribution in [0.2, 0.25) is 0 Å². The minimum absolute atomic E-state index is 0.419. The molecule has 0 aliphatic rings. The zero-order chi connectivity index (χ0) is 9.02. The fourth-order valence-electron chi connectivity index (χ4n) is 0.429. The molecule has 0 aromatic heterocycles. The van der Waals surface area contributed by atoms with Crippen molar-refractivity contribution in [3.05, 3.63) is 12.2 Å². The van der Waals surface area contributed by atoms with E-state index >= 15 is 0 Å². The molecule has 0 saturated heterocycles. The average molecular weight is 166 g/mol. The van der Waals surface area contributed by atoms with Gasteiger partial charge in [-0.05, 0) is 0 Å². The fraction of sp³-hybridized carbons (Fsp3) is 0.500. The van der Waals surface area contributed by atoms with E-state index in [4.69, 9.17) is 10.2 Å². The second-order valence-corrected chi connectivity index (χ2v) is 2.01. The molecule has 0 aliphatic heterocycles. The third-order valence-corrected chi connectivity index (χ3v) is 1.05. The third-order valence-electron chi connectivity index (χ3n) is 1.05. The molecule has 0 saturated carbocycles. The van der Waals surface area contributed by atoms with Crippen LogP contribution in [0.15, 0.2) is 12.2 Å². The van der Waals surface area contributed by atoms with Crippen LogP contribution >= 0.6 is 0 Å². The molecule has 0 heterocycles. The summed E-state index contributed by atoms with van der Waals surface area (Å²) in [6.45, 7) is 2.98. The van der Waals surface area contributed by atoms with Crippen LogP contribution in [-0.2, 0) is 4.79 Å². The monoisotopic (exact) mass is 166 g/mol. The van der Waals surface area contributed by atoms with Gasteiger partial charge < -0.3 is 10.2 Å². The molecule has 2 N–H and O–H groups in total. The Bertz CT molecular complexity index is 167. The Balaban J connectivity index is 3.85. The van der Waals surface area contributed by atoms with Gasteiger partial charge in [-0.3, -0.25) is 0 Å². The first-order chi connectivity index (χ1) is 4.95. The zero-order valence-corrected chi connectivity index (χ0v) is 5.63. The molecule has 0 bridgehead atoms. The molecule has 0 fully saturated rings. The lowest BCUT2D eigenvalue weighted by Crippen LogP contribution is -2.19. The van der Waals surface area contributed by atoms with Crippen molar-refractivity contribution in [1.29, 1.82) is 0 Å². The van der Waals surface area contributed by atoms with E-state index in [9.17, 15) is 13.6 Å². The summed E-state index contributed by atoms with van der Waals surface area (Å²) >= 11 is 0. The number of aliphatic hydroxyl groups excluding tert-OH is 1. The quantitative estimate of drug-likeness (QED) is 0.602. The van der Waals surface area contributed by atoms with Gasteiger partial charge >= 0.3 is 5.97 Å². The molecule has 0 spiro atoms. The third kappa shape index (κ3) is 3.67. The van der Waals surface area contributed by atoms with Crippen molar-refractivity contribution in [2.24, 2.45) is 0 Å². The highest BCUT2D eigenvalue weighted by molar-refractivity contribution is 5.85. The number of hydrogen-bond donors (Lipinski definition) is 2. The molecule has 0 rings (SSSR count). The van der Waals surface area contributed by atoms with E-state index < -0.39 is 30.5 Å². The molecule has 1 atom stereocenters. The molecule has 5 heteroatoms. The number of rotatable bonds is 4. The molecule has 0 radical (unpaired) electrons. The Morgan fingerprint density at radius 1 is 1.55 bits per heavy atom. The highest BCUT2D eigenvalue weighted by Crippen LogP contribution is 2.10. The lowest BCUT2D eigenvalue weighted by molar-refractivity contribution is -0.133. The number of alkyl halides is 2. The summed E-state index contributed by atoms with van der Waals surface area (Å²) in [6.07, 6.45) is -5.46. The van der Waals surface area contributed by atoms with Crippen LogP contribution in [0.25, 0.3) is 0 Å². The van der Waals surface area contributed by atoms with E-state index in [-0.39, 0.29) is 0 Å². The van der Waals surface area contributed by atoms with Crippen molar-refractivity contribution in [2.75, 3.05) is 0 Å². The first-order valence-electron chi connectivity index (χ1n) is 2.82. The van der Waals surface area contributed by atoms with Gasteiger partial charge in [-0.25, -0.2) is 13.6 Å². The van der Waals surface area contributed by atoms with Gasteiger partial charge in [0.15, 0.2) is 0 Å². The average Bonchev–Trinajstić information content (AvgIpc) is 1.87. The van der Waals surface area contributed by atoms with E-state index in [1.165, 1.54) is 0 Å². The van der Waals surface area contributed by atoms with Crippen LogP contribution in [-0.4, -0.2) is 28.7 Å². The SMILES string of the molecule is C=C(CC(O)C(F)F)C(=O)O. The Morgan fingerprint density at radius 2 is 2.00 bits per heavy atom. The van der Waals surface area contributed by atoms with Crippen molar-refractivity contribution in [1.82, 2.24) is 0 Å². The molecular formula is C6H8F2O3. The maximum Gasteiger partial charge on any atom is 0.331 e. The van der Waals surface area contributed by atoms with E-state index in [1.54, 1.807) is 0 Å². The number of carbonyl (C=O) groups is 1. The summed E-state index contributed by atoms with van der Waals surface area (Å²) in [5, 5.41) is 16.6. The Kier molecular flexibility index (Phi) is 3.67. The summed E-state index contributed by atoms with van der Waals surface area (Å²) < 4.78 is 23.1. The number of aliphatic hydroxyl groups is 1. The molecule has 0 aromatic carbocycles. The van der Waals surface area contributed by atoms with Gasteiger partial charge in [0.2, 0.25) is 0 Å². The number of hydrogen-bond acceptors (Lipinski definition) is 2.